The maximum atomic E-state index is 14.4. The standard InChI is InChI=1S/C19H29F2N3O3/c1-6-8-13(7-2)19(20,21)15(22)16(25)24-11-9-14(10-12-24)23-17(26)27-18(3,4)5/h6-8,14-15H,1-2,9-12,22H2,3-5H3,(H,23,26)/b13-8+. The minimum Gasteiger partial charge on any atom is -0.444 e. The third kappa shape index (κ3) is 6.46. The van der Waals surface area contributed by atoms with Crippen molar-refractivity contribution in [3.8, 4) is 0 Å². The van der Waals surface area contributed by atoms with Crippen LogP contribution in [0.1, 0.15) is 33.6 Å². The molecule has 3 N–H and O–H groups in total. The smallest absolute Gasteiger partial charge is 0.407 e. The van der Waals surface area contributed by atoms with Crippen LogP contribution in [0.5, 0.6) is 0 Å². The number of piperidine rings is 1. The van der Waals surface area contributed by atoms with Crippen molar-refractivity contribution in [2.24, 2.45) is 5.73 Å². The monoisotopic (exact) mass is 385 g/mol. The van der Waals surface area contributed by atoms with Crippen molar-refractivity contribution in [1.82, 2.24) is 10.2 Å². The highest BCUT2D eigenvalue weighted by molar-refractivity contribution is 5.83. The third-order valence-electron chi connectivity index (χ3n) is 4.09. The average Bonchev–Trinajstić information content (AvgIpc) is 2.57. The topological polar surface area (TPSA) is 84.7 Å². The lowest BCUT2D eigenvalue weighted by Crippen LogP contribution is -2.57. The van der Waals surface area contributed by atoms with Crippen LogP contribution in [0.2, 0.25) is 0 Å². The molecular formula is C19H29F2N3O3. The zero-order valence-corrected chi connectivity index (χ0v) is 16.1. The Kier molecular flexibility index (Phi) is 7.71. The molecule has 27 heavy (non-hydrogen) atoms. The molecule has 1 heterocycles. The van der Waals surface area contributed by atoms with E-state index in [2.05, 4.69) is 18.5 Å². The Morgan fingerprint density at radius 2 is 1.81 bits per heavy atom. The number of allylic oxidation sites excluding steroid dienone is 3. The van der Waals surface area contributed by atoms with Gasteiger partial charge in [0.05, 0.1) is 0 Å². The fraction of sp³-hybridized carbons (Fsp3) is 0.579. The summed E-state index contributed by atoms with van der Waals surface area (Å²) < 4.78 is 34.1. The lowest BCUT2D eigenvalue weighted by Gasteiger charge is -2.35. The number of nitrogens with zero attached hydrogens (tertiary/aromatic N) is 1. The summed E-state index contributed by atoms with van der Waals surface area (Å²) in [5, 5.41) is 2.73. The van der Waals surface area contributed by atoms with Crippen molar-refractivity contribution in [1.29, 1.82) is 0 Å². The fourth-order valence-electron chi connectivity index (χ4n) is 2.69. The second-order valence-corrected chi connectivity index (χ2v) is 7.41. The van der Waals surface area contributed by atoms with Gasteiger partial charge in [-0.15, -0.1) is 0 Å². The van der Waals surface area contributed by atoms with Gasteiger partial charge < -0.3 is 20.7 Å². The van der Waals surface area contributed by atoms with Crippen LogP contribution in [-0.4, -0.2) is 53.6 Å². The van der Waals surface area contributed by atoms with Gasteiger partial charge in [0.1, 0.15) is 5.60 Å². The normalized spacial score (nSPS) is 17.9. The zero-order chi connectivity index (χ0) is 20.8. The minimum atomic E-state index is -3.56. The Morgan fingerprint density at radius 1 is 1.26 bits per heavy atom. The predicted molar refractivity (Wildman–Crippen MR) is 100 cm³/mol. The second kappa shape index (κ2) is 9.12. The summed E-state index contributed by atoms with van der Waals surface area (Å²) in [6.45, 7) is 12.4. The number of hydrogen-bond acceptors (Lipinski definition) is 4. The number of hydrogen-bond donors (Lipinski definition) is 2. The van der Waals surface area contributed by atoms with Gasteiger partial charge in [-0.1, -0.05) is 31.4 Å². The van der Waals surface area contributed by atoms with Crippen LogP contribution in [0.15, 0.2) is 37.0 Å². The van der Waals surface area contributed by atoms with E-state index in [-0.39, 0.29) is 19.1 Å². The third-order valence-corrected chi connectivity index (χ3v) is 4.09. The number of ether oxygens (including phenoxy) is 1. The average molecular weight is 385 g/mol. The first-order valence-electron chi connectivity index (χ1n) is 8.79. The van der Waals surface area contributed by atoms with E-state index in [0.29, 0.717) is 12.8 Å². The highest BCUT2D eigenvalue weighted by Gasteiger charge is 2.46. The number of halogens is 2. The molecule has 1 aliphatic rings. The molecule has 0 bridgehead atoms. The summed E-state index contributed by atoms with van der Waals surface area (Å²) in [5.41, 5.74) is 4.49. The largest absolute Gasteiger partial charge is 0.444 e. The molecule has 152 valence electrons. The van der Waals surface area contributed by atoms with Crippen molar-refractivity contribution in [3.63, 3.8) is 0 Å². The van der Waals surface area contributed by atoms with Crippen molar-refractivity contribution in [3.05, 3.63) is 37.0 Å². The minimum absolute atomic E-state index is 0.190. The molecule has 6 nitrogen and oxygen atoms in total. The molecule has 0 aliphatic carbocycles. The van der Waals surface area contributed by atoms with Crippen LogP contribution in [0.4, 0.5) is 13.6 Å². The number of rotatable bonds is 6. The van der Waals surface area contributed by atoms with Gasteiger partial charge in [0.2, 0.25) is 5.91 Å². The summed E-state index contributed by atoms with van der Waals surface area (Å²) in [4.78, 5) is 25.5. The van der Waals surface area contributed by atoms with Gasteiger partial charge in [-0.3, -0.25) is 4.79 Å². The van der Waals surface area contributed by atoms with Crippen molar-refractivity contribution >= 4 is 12.0 Å². The van der Waals surface area contributed by atoms with Gasteiger partial charge in [-0.2, -0.15) is 8.78 Å². The Bertz CT molecular complexity index is 604. The Hall–Kier alpha value is -2.22. The molecule has 8 heteroatoms. The highest BCUT2D eigenvalue weighted by atomic mass is 19.3. The quantitative estimate of drug-likeness (QED) is 0.689. The van der Waals surface area contributed by atoms with Crippen LogP contribution in [-0.2, 0) is 9.53 Å². The van der Waals surface area contributed by atoms with Crippen LogP contribution in [0, 0.1) is 0 Å². The Balaban J connectivity index is 2.65. The molecule has 1 fully saturated rings. The number of nitrogens with one attached hydrogen (secondary N) is 1. The van der Waals surface area contributed by atoms with Gasteiger partial charge in [0, 0.05) is 24.7 Å². The van der Waals surface area contributed by atoms with Crippen molar-refractivity contribution in [2.45, 2.75) is 57.2 Å². The molecule has 0 spiro atoms. The van der Waals surface area contributed by atoms with Crippen molar-refractivity contribution in [2.75, 3.05) is 13.1 Å². The molecular weight excluding hydrogens is 356 g/mol. The SMILES string of the molecule is C=C/C=C(\C=C)C(F)(F)C(N)C(=O)N1CCC(NC(=O)OC(C)(C)C)CC1. The number of likely N-dealkylation sites (tertiary alicyclic amines) is 1. The number of carbonyl (C=O) groups is 2. The van der Waals surface area contributed by atoms with Crippen LogP contribution in [0.25, 0.3) is 0 Å². The molecule has 0 saturated carbocycles. The Morgan fingerprint density at radius 3 is 2.26 bits per heavy atom. The van der Waals surface area contributed by atoms with Gasteiger partial charge in [-0.25, -0.2) is 4.79 Å². The van der Waals surface area contributed by atoms with E-state index in [1.807, 2.05) is 0 Å². The molecule has 0 radical (unpaired) electrons. The Labute approximate surface area is 159 Å². The number of amides is 2. The van der Waals surface area contributed by atoms with Gasteiger partial charge >= 0.3 is 6.09 Å². The number of alkyl carbamates (subject to hydrolysis) is 1. The summed E-state index contributed by atoms with van der Waals surface area (Å²) in [7, 11) is 0. The molecule has 0 aromatic rings. The summed E-state index contributed by atoms with van der Waals surface area (Å²) in [5.74, 6) is -4.40. The van der Waals surface area contributed by atoms with Gasteiger partial charge in [0.25, 0.3) is 5.92 Å². The zero-order valence-electron chi connectivity index (χ0n) is 16.1. The number of alkyl halides is 2. The lowest BCUT2D eigenvalue weighted by atomic mass is 9.98. The molecule has 0 aromatic heterocycles. The fourth-order valence-corrected chi connectivity index (χ4v) is 2.69. The molecule has 0 aromatic carbocycles. The molecule has 1 atom stereocenters. The van der Waals surface area contributed by atoms with Crippen molar-refractivity contribution < 1.29 is 23.1 Å². The summed E-state index contributed by atoms with van der Waals surface area (Å²) in [6.07, 6.45) is 3.56. The predicted octanol–water partition coefficient (Wildman–Crippen LogP) is 2.76. The van der Waals surface area contributed by atoms with E-state index in [9.17, 15) is 18.4 Å². The first kappa shape index (κ1) is 22.8. The first-order chi connectivity index (χ1) is 12.4. The molecule has 1 aliphatic heterocycles. The van der Waals surface area contributed by atoms with Crippen LogP contribution in [0.3, 0.4) is 0 Å². The maximum absolute atomic E-state index is 14.4. The van der Waals surface area contributed by atoms with Crippen LogP contribution >= 0.6 is 0 Å². The van der Waals surface area contributed by atoms with E-state index in [0.717, 1.165) is 12.2 Å². The summed E-state index contributed by atoms with van der Waals surface area (Å²) >= 11 is 0. The molecule has 1 unspecified atom stereocenters. The van der Waals surface area contributed by atoms with E-state index in [1.165, 1.54) is 11.0 Å². The number of nitrogens with two attached hydrogens (primary N) is 1. The van der Waals surface area contributed by atoms with E-state index in [1.54, 1.807) is 20.8 Å². The van der Waals surface area contributed by atoms with Gasteiger partial charge in [-0.05, 0) is 33.6 Å². The van der Waals surface area contributed by atoms with Crippen LogP contribution < -0.4 is 11.1 Å². The van der Waals surface area contributed by atoms with E-state index >= 15 is 0 Å². The second-order valence-electron chi connectivity index (χ2n) is 7.41. The highest BCUT2D eigenvalue weighted by Crippen LogP contribution is 2.29. The maximum Gasteiger partial charge on any atom is 0.407 e. The summed E-state index contributed by atoms with van der Waals surface area (Å²) in [6, 6.07) is -2.21. The lowest BCUT2D eigenvalue weighted by molar-refractivity contribution is -0.140. The first-order valence-corrected chi connectivity index (χ1v) is 8.79. The van der Waals surface area contributed by atoms with E-state index in [4.69, 9.17) is 10.5 Å². The van der Waals surface area contributed by atoms with Gasteiger partial charge in [0.15, 0.2) is 6.04 Å². The van der Waals surface area contributed by atoms with E-state index < -0.39 is 35.1 Å². The number of carbonyl (C=O) groups excluding carboxylic acids is 2. The molecule has 2 amide bonds. The molecule has 1 rings (SSSR count). The molecule has 1 saturated heterocycles.